The van der Waals surface area contributed by atoms with Crippen LogP contribution in [0.25, 0.3) is 44.3 Å². The predicted molar refractivity (Wildman–Crippen MR) is 273 cm³/mol. The van der Waals surface area contributed by atoms with E-state index in [9.17, 15) is 39.6 Å². The van der Waals surface area contributed by atoms with E-state index < -0.39 is 45.7 Å². The topological polar surface area (TPSA) is 212 Å². The molecule has 0 amide bonds. The van der Waals surface area contributed by atoms with Crippen LogP contribution in [0.1, 0.15) is 70.9 Å². The van der Waals surface area contributed by atoms with Gasteiger partial charge in [0.2, 0.25) is 0 Å². The number of nitrogens with one attached hydrogen (secondary N) is 3. The molecule has 0 bridgehead atoms. The minimum atomic E-state index is -1.44. The molecule has 0 spiro atoms. The highest BCUT2D eigenvalue weighted by molar-refractivity contribution is 5.94. The van der Waals surface area contributed by atoms with E-state index in [1.54, 1.807) is 0 Å². The molecule has 4 aromatic heterocycles. The number of aromatic amines is 2. The molecule has 6 heterocycles. The van der Waals surface area contributed by atoms with Crippen LogP contribution in [0.2, 0.25) is 0 Å². The molecule has 16 nitrogen and oxygen atoms in total. The molecule has 2 saturated heterocycles. The SMILES string of the molecule is CCc1c(-c2ccc3c(c2)cc(CN2CCNCC2)n3C)[nH]c(=O)c(C(=O)O)c1O.CCc1c(-c2ccc3c(c2)cc(CN2C[C@@H](C)N(C)[C@@H](C)C2)n3C)[nH]c(=O)c(C(=O)O)c1O.Cl.Cl.Cl.Cl. The highest BCUT2D eigenvalue weighted by Crippen LogP contribution is 2.34. The van der Waals surface area contributed by atoms with Crippen LogP contribution in [0, 0.1) is 0 Å². The summed E-state index contributed by atoms with van der Waals surface area (Å²) in [6.07, 6.45) is 0.773. The first-order chi connectivity index (χ1) is 30.0. The summed E-state index contributed by atoms with van der Waals surface area (Å²) in [5, 5.41) is 44.9. The quantitative estimate of drug-likeness (QED) is 0.0773. The lowest BCUT2D eigenvalue weighted by Crippen LogP contribution is -2.54. The predicted octanol–water partition coefficient (Wildman–Crippen LogP) is 6.62. The third-order valence-corrected chi connectivity index (χ3v) is 13.0. The number of hydrogen-bond acceptors (Lipinski definition) is 10. The monoisotopic (exact) mass is 1010 g/mol. The summed E-state index contributed by atoms with van der Waals surface area (Å²) in [5.41, 5.74) is 4.96. The third-order valence-electron chi connectivity index (χ3n) is 13.0. The number of aromatic hydroxyl groups is 2. The second-order valence-corrected chi connectivity index (χ2v) is 16.9. The second-order valence-electron chi connectivity index (χ2n) is 16.9. The normalized spacial score (nSPS) is 16.5. The zero-order chi connectivity index (χ0) is 45.4. The molecule has 7 N–H and O–H groups in total. The van der Waals surface area contributed by atoms with E-state index in [1.165, 1.54) is 11.4 Å². The molecular weight excluding hydrogens is 946 g/mol. The van der Waals surface area contributed by atoms with Crippen LogP contribution in [0.3, 0.4) is 0 Å². The average molecular weight is 1010 g/mol. The van der Waals surface area contributed by atoms with E-state index in [4.69, 9.17) is 0 Å². The fraction of sp³-hybridized carbons (Fsp3) is 0.404. The van der Waals surface area contributed by atoms with Crippen molar-refractivity contribution in [2.75, 3.05) is 46.3 Å². The number of carbonyl (C=O) groups is 2. The highest BCUT2D eigenvalue weighted by Gasteiger charge is 2.28. The van der Waals surface area contributed by atoms with Gasteiger partial charge in [0.05, 0.1) is 11.4 Å². The molecule has 6 aromatic rings. The molecule has 0 saturated carbocycles. The van der Waals surface area contributed by atoms with E-state index in [0.717, 1.165) is 85.3 Å². The van der Waals surface area contributed by atoms with Gasteiger partial charge in [0, 0.05) is 123 Å². The Bertz CT molecular complexity index is 2840. The molecule has 0 radical (unpaired) electrons. The van der Waals surface area contributed by atoms with Crippen LogP contribution in [-0.4, -0.2) is 125 Å². The van der Waals surface area contributed by atoms with Crippen LogP contribution in [0.5, 0.6) is 11.5 Å². The maximum atomic E-state index is 12.4. The second kappa shape index (κ2) is 23.3. The summed E-state index contributed by atoms with van der Waals surface area (Å²) < 4.78 is 4.37. The number of halogens is 4. The van der Waals surface area contributed by atoms with Gasteiger partial charge in [0.25, 0.3) is 11.1 Å². The zero-order valence-corrected chi connectivity index (χ0v) is 41.9. The number of aromatic nitrogens is 4. The Kier molecular flexibility index (Phi) is 19.6. The van der Waals surface area contributed by atoms with E-state index in [-0.39, 0.29) is 49.6 Å². The Morgan fingerprint density at radius 3 is 1.39 bits per heavy atom. The number of benzene rings is 2. The van der Waals surface area contributed by atoms with Crippen molar-refractivity contribution in [3.63, 3.8) is 0 Å². The molecule has 366 valence electrons. The molecule has 2 atom stereocenters. The van der Waals surface area contributed by atoms with Crippen LogP contribution in [0.15, 0.2) is 58.1 Å². The lowest BCUT2D eigenvalue weighted by molar-refractivity contribution is 0.0545. The smallest absolute Gasteiger partial charge is 0.345 e. The number of pyridine rings is 2. The van der Waals surface area contributed by atoms with Crippen LogP contribution >= 0.6 is 49.6 Å². The number of carboxylic acid groups (broad SMARTS) is 2. The number of rotatable bonds is 10. The van der Waals surface area contributed by atoms with Crippen molar-refractivity contribution in [1.29, 1.82) is 0 Å². The largest absolute Gasteiger partial charge is 0.506 e. The van der Waals surface area contributed by atoms with Gasteiger partial charge in [-0.1, -0.05) is 26.0 Å². The standard InChI is InChI=1S/C25H32N4O4.C22H26N4O4.4ClH/c1-6-19-22(26-24(31)21(23(19)30)25(32)33)16-7-8-20-17(9-16)10-18(28(20)5)13-29-11-14(2)27(4)15(3)12-29;1-3-16-19(24-21(28)18(20(16)27)22(29)30)13-4-5-17-14(10-13)11-15(25(17)2)12-26-8-6-23-7-9-26;;;;/h7-10,14-15H,6,11-13H2,1-5H3,(H,32,33)(H2,26,30,31);4-5,10-11,23H,3,6-9,12H2,1-2H3,(H,29,30)(H2,24,27,28);4*1H/t14-,15+;;;;;. The van der Waals surface area contributed by atoms with Gasteiger partial charge in [-0.25, -0.2) is 9.59 Å². The summed E-state index contributed by atoms with van der Waals surface area (Å²) in [7, 11) is 6.29. The van der Waals surface area contributed by atoms with Gasteiger partial charge in [0.15, 0.2) is 11.1 Å². The first kappa shape index (κ1) is 56.3. The minimum absolute atomic E-state index is 0. The lowest BCUT2D eigenvalue weighted by atomic mass is 9.99. The summed E-state index contributed by atoms with van der Waals surface area (Å²) in [5.74, 6) is -3.80. The fourth-order valence-electron chi connectivity index (χ4n) is 9.23. The van der Waals surface area contributed by atoms with Gasteiger partial charge in [0.1, 0.15) is 11.5 Å². The highest BCUT2D eigenvalue weighted by atomic mass is 35.5. The number of likely N-dealkylation sites (N-methyl/N-ethyl adjacent to an activating group) is 1. The first-order valence-corrected chi connectivity index (χ1v) is 21.5. The van der Waals surface area contributed by atoms with Gasteiger partial charge in [-0.15, -0.1) is 49.6 Å². The van der Waals surface area contributed by atoms with Crippen molar-refractivity contribution in [3.8, 4) is 34.0 Å². The van der Waals surface area contributed by atoms with Crippen molar-refractivity contribution in [2.24, 2.45) is 14.1 Å². The molecular formula is C47H62Cl4N8O8. The number of carboxylic acids is 2. The number of nitrogens with zero attached hydrogens (tertiary/aromatic N) is 5. The van der Waals surface area contributed by atoms with E-state index in [1.807, 2.05) is 57.3 Å². The fourth-order valence-corrected chi connectivity index (χ4v) is 9.23. The molecule has 0 aliphatic carbocycles. The minimum Gasteiger partial charge on any atom is -0.506 e. The zero-order valence-electron chi connectivity index (χ0n) is 38.6. The van der Waals surface area contributed by atoms with Gasteiger partial charge < -0.3 is 44.8 Å². The van der Waals surface area contributed by atoms with E-state index in [0.29, 0.717) is 47.4 Å². The number of aromatic carboxylic acids is 2. The molecule has 2 aliphatic heterocycles. The number of hydrogen-bond donors (Lipinski definition) is 7. The third kappa shape index (κ3) is 11.3. The van der Waals surface area contributed by atoms with Gasteiger partial charge in [-0.3, -0.25) is 24.3 Å². The summed E-state index contributed by atoms with van der Waals surface area (Å²) in [6, 6.07) is 17.1. The molecule has 8 rings (SSSR count). The van der Waals surface area contributed by atoms with Crippen LogP contribution in [0.4, 0.5) is 0 Å². The Morgan fingerprint density at radius 1 is 0.627 bits per heavy atom. The van der Waals surface area contributed by atoms with Gasteiger partial charge in [-0.2, -0.15) is 0 Å². The van der Waals surface area contributed by atoms with Crippen molar-refractivity contribution in [2.45, 2.75) is 65.7 Å². The maximum absolute atomic E-state index is 12.4. The molecule has 20 heteroatoms. The molecule has 67 heavy (non-hydrogen) atoms. The average Bonchev–Trinajstić information content (AvgIpc) is 3.72. The number of fused-ring (bicyclic) bond motifs is 2. The Morgan fingerprint density at radius 2 is 1.01 bits per heavy atom. The van der Waals surface area contributed by atoms with Crippen molar-refractivity contribution in [1.82, 2.24) is 39.1 Å². The van der Waals surface area contributed by atoms with Crippen molar-refractivity contribution in [3.05, 3.63) is 103 Å². The summed E-state index contributed by atoms with van der Waals surface area (Å²) >= 11 is 0. The number of aryl methyl sites for hydroxylation is 2. The van der Waals surface area contributed by atoms with Crippen molar-refractivity contribution < 1.29 is 30.0 Å². The molecule has 2 aliphatic rings. The van der Waals surface area contributed by atoms with Crippen LogP contribution < -0.4 is 16.4 Å². The maximum Gasteiger partial charge on any atom is 0.345 e. The number of piperazine rings is 2. The summed E-state index contributed by atoms with van der Waals surface area (Å²) in [6.45, 7) is 15.9. The van der Waals surface area contributed by atoms with Crippen molar-refractivity contribution >= 4 is 83.4 Å². The molecule has 2 aromatic carbocycles. The Balaban J connectivity index is 0.000000336. The van der Waals surface area contributed by atoms with Gasteiger partial charge in [-0.05, 0) is 81.3 Å². The van der Waals surface area contributed by atoms with E-state index in [2.05, 4.69) is 79.2 Å². The Hall–Kier alpha value is -5.04. The molecule has 0 unspecified atom stereocenters. The Labute approximate surface area is 413 Å². The summed E-state index contributed by atoms with van der Waals surface area (Å²) in [4.78, 5) is 60.1. The number of H-pyrrole nitrogens is 2. The van der Waals surface area contributed by atoms with E-state index >= 15 is 0 Å². The first-order valence-electron chi connectivity index (χ1n) is 21.5. The molecule has 2 fully saturated rings. The lowest BCUT2D eigenvalue weighted by Gasteiger charge is -2.42. The van der Waals surface area contributed by atoms with Crippen LogP contribution in [-0.2, 0) is 40.0 Å². The van der Waals surface area contributed by atoms with Gasteiger partial charge >= 0.3 is 11.9 Å².